The molecule has 2 N–H and O–H groups in total. The number of rotatable bonds is 1. The summed E-state index contributed by atoms with van der Waals surface area (Å²) in [7, 11) is 0. The monoisotopic (exact) mass is 269 g/mol. The third-order valence-corrected chi connectivity index (χ3v) is 1.93. The fraction of sp³-hybridized carbons (Fsp3) is 0.143. The van der Waals surface area contributed by atoms with Gasteiger partial charge in [-0.3, -0.25) is 0 Å². The number of benzene rings is 1. The van der Waals surface area contributed by atoms with Crippen LogP contribution in [0.25, 0.3) is 0 Å². The standard InChI is InChI=1S/C7H6F2IN/c8-4-1-2-5(7(10)11)6(9)3-4/h1-3,7H,11H2. The summed E-state index contributed by atoms with van der Waals surface area (Å²) in [6.07, 6.45) is 0. The fourth-order valence-corrected chi connectivity index (χ4v) is 1.23. The van der Waals surface area contributed by atoms with E-state index in [1.807, 2.05) is 22.6 Å². The van der Waals surface area contributed by atoms with Gasteiger partial charge in [0.1, 0.15) is 11.6 Å². The molecular weight excluding hydrogens is 263 g/mol. The first-order chi connectivity index (χ1) is 5.11. The molecule has 0 aliphatic rings. The summed E-state index contributed by atoms with van der Waals surface area (Å²) >= 11 is 1.86. The Balaban J connectivity index is 3.09. The molecule has 1 rings (SSSR count). The summed E-state index contributed by atoms with van der Waals surface area (Å²) in [4.78, 5) is 0. The van der Waals surface area contributed by atoms with E-state index in [-0.39, 0.29) is 0 Å². The molecule has 1 aromatic rings. The van der Waals surface area contributed by atoms with Crippen LogP contribution in [0.2, 0.25) is 0 Å². The summed E-state index contributed by atoms with van der Waals surface area (Å²) in [5.74, 6) is -1.17. The highest BCUT2D eigenvalue weighted by Gasteiger charge is 2.07. The smallest absolute Gasteiger partial charge is 0.131 e. The maximum atomic E-state index is 12.8. The van der Waals surface area contributed by atoms with Crippen LogP contribution >= 0.6 is 22.6 Å². The average Bonchev–Trinajstić information content (AvgIpc) is 1.85. The first-order valence-corrected chi connectivity index (χ1v) is 4.20. The van der Waals surface area contributed by atoms with E-state index in [1.165, 1.54) is 12.1 Å². The van der Waals surface area contributed by atoms with Gasteiger partial charge in [0.05, 0.1) is 4.05 Å². The van der Waals surface area contributed by atoms with E-state index >= 15 is 0 Å². The molecule has 0 saturated heterocycles. The van der Waals surface area contributed by atoms with Crippen LogP contribution in [0.4, 0.5) is 8.78 Å². The largest absolute Gasteiger partial charge is 0.316 e. The van der Waals surface area contributed by atoms with Crippen molar-refractivity contribution in [3.8, 4) is 0 Å². The lowest BCUT2D eigenvalue weighted by atomic mass is 10.2. The zero-order valence-electron chi connectivity index (χ0n) is 5.52. The van der Waals surface area contributed by atoms with Crippen LogP contribution < -0.4 is 5.73 Å². The highest BCUT2D eigenvalue weighted by molar-refractivity contribution is 14.1. The van der Waals surface area contributed by atoms with Crippen molar-refractivity contribution in [3.63, 3.8) is 0 Å². The molecular formula is C7H6F2IN. The summed E-state index contributed by atoms with van der Waals surface area (Å²) < 4.78 is 24.7. The summed E-state index contributed by atoms with van der Waals surface area (Å²) in [5, 5.41) is 0. The second-order valence-electron chi connectivity index (χ2n) is 2.07. The molecule has 1 aromatic carbocycles. The number of halogens is 3. The molecule has 0 saturated carbocycles. The van der Waals surface area contributed by atoms with E-state index in [0.29, 0.717) is 5.56 Å². The topological polar surface area (TPSA) is 26.0 Å². The molecule has 0 amide bonds. The number of hydrogen-bond donors (Lipinski definition) is 1. The van der Waals surface area contributed by atoms with Crippen LogP contribution in [0, 0.1) is 11.6 Å². The Morgan fingerprint density at radius 1 is 1.36 bits per heavy atom. The molecule has 1 nitrogen and oxygen atoms in total. The molecule has 0 bridgehead atoms. The van der Waals surface area contributed by atoms with Crippen molar-refractivity contribution in [2.45, 2.75) is 4.05 Å². The molecule has 4 heteroatoms. The number of nitrogens with two attached hydrogens (primary N) is 1. The van der Waals surface area contributed by atoms with Crippen LogP contribution in [0.1, 0.15) is 9.61 Å². The Bertz CT molecular complexity index is 263. The molecule has 0 fully saturated rings. The highest BCUT2D eigenvalue weighted by Crippen LogP contribution is 2.20. The predicted molar refractivity (Wildman–Crippen MR) is 47.3 cm³/mol. The minimum absolute atomic E-state index is 0.326. The lowest BCUT2D eigenvalue weighted by molar-refractivity contribution is 0.573. The second kappa shape index (κ2) is 3.44. The molecule has 0 aliphatic carbocycles. The van der Waals surface area contributed by atoms with Gasteiger partial charge in [-0.1, -0.05) is 28.7 Å². The van der Waals surface area contributed by atoms with Crippen molar-refractivity contribution in [1.29, 1.82) is 0 Å². The van der Waals surface area contributed by atoms with Gasteiger partial charge in [0, 0.05) is 11.6 Å². The van der Waals surface area contributed by atoms with Crippen LogP contribution in [0.3, 0.4) is 0 Å². The lowest BCUT2D eigenvalue weighted by Crippen LogP contribution is -2.04. The maximum Gasteiger partial charge on any atom is 0.131 e. The molecule has 0 spiro atoms. The van der Waals surface area contributed by atoms with Crippen molar-refractivity contribution in [1.82, 2.24) is 0 Å². The summed E-state index contributed by atoms with van der Waals surface area (Å²) in [6.45, 7) is 0. The number of hydrogen-bond acceptors (Lipinski definition) is 1. The van der Waals surface area contributed by atoms with Gasteiger partial charge >= 0.3 is 0 Å². The lowest BCUT2D eigenvalue weighted by Gasteiger charge is -2.04. The van der Waals surface area contributed by atoms with E-state index in [1.54, 1.807) is 0 Å². The van der Waals surface area contributed by atoms with Gasteiger partial charge in [-0.25, -0.2) is 8.78 Å². The van der Waals surface area contributed by atoms with Crippen molar-refractivity contribution in [2.75, 3.05) is 0 Å². The van der Waals surface area contributed by atoms with Crippen molar-refractivity contribution in [3.05, 3.63) is 35.4 Å². The molecule has 0 heterocycles. The normalized spacial score (nSPS) is 13.1. The molecule has 0 radical (unpaired) electrons. The van der Waals surface area contributed by atoms with E-state index in [4.69, 9.17) is 5.73 Å². The van der Waals surface area contributed by atoms with E-state index in [9.17, 15) is 8.78 Å². The number of alkyl halides is 1. The summed E-state index contributed by atoms with van der Waals surface area (Å²) in [5.41, 5.74) is 5.71. The predicted octanol–water partition coefficient (Wildman–Crippen LogP) is 2.36. The Kier molecular flexibility index (Phi) is 2.78. The zero-order chi connectivity index (χ0) is 8.43. The van der Waals surface area contributed by atoms with E-state index in [2.05, 4.69) is 0 Å². The first kappa shape index (κ1) is 8.86. The van der Waals surface area contributed by atoms with E-state index < -0.39 is 15.7 Å². The van der Waals surface area contributed by atoms with Gasteiger partial charge in [-0.2, -0.15) is 0 Å². The fourth-order valence-electron chi connectivity index (χ4n) is 0.725. The summed E-state index contributed by atoms with van der Waals surface area (Å²) in [6, 6.07) is 3.37. The van der Waals surface area contributed by atoms with Gasteiger partial charge in [-0.05, 0) is 6.07 Å². The molecule has 11 heavy (non-hydrogen) atoms. The van der Waals surface area contributed by atoms with Gasteiger partial charge in [-0.15, -0.1) is 0 Å². The second-order valence-corrected chi connectivity index (χ2v) is 3.41. The maximum absolute atomic E-state index is 12.8. The molecule has 60 valence electrons. The van der Waals surface area contributed by atoms with Crippen molar-refractivity contribution < 1.29 is 8.78 Å². The minimum Gasteiger partial charge on any atom is -0.316 e. The Morgan fingerprint density at radius 2 is 2.00 bits per heavy atom. The van der Waals surface area contributed by atoms with Gasteiger partial charge in [0.15, 0.2) is 0 Å². The van der Waals surface area contributed by atoms with Crippen LogP contribution in [0.5, 0.6) is 0 Å². The SMILES string of the molecule is NC(I)c1ccc(F)cc1F. The van der Waals surface area contributed by atoms with Crippen molar-refractivity contribution >= 4 is 22.6 Å². The Hall–Kier alpha value is -0.230. The van der Waals surface area contributed by atoms with E-state index in [0.717, 1.165) is 6.07 Å². The Labute approximate surface area is 76.7 Å². The zero-order valence-corrected chi connectivity index (χ0v) is 7.68. The molecule has 0 aromatic heterocycles. The molecule has 0 aliphatic heterocycles. The van der Waals surface area contributed by atoms with Crippen LogP contribution in [-0.2, 0) is 0 Å². The Morgan fingerprint density at radius 3 is 2.45 bits per heavy atom. The van der Waals surface area contributed by atoms with Gasteiger partial charge < -0.3 is 5.73 Å². The average molecular weight is 269 g/mol. The van der Waals surface area contributed by atoms with Crippen molar-refractivity contribution in [2.24, 2.45) is 5.73 Å². The third kappa shape index (κ3) is 2.10. The van der Waals surface area contributed by atoms with Crippen LogP contribution in [-0.4, -0.2) is 0 Å². The quantitative estimate of drug-likeness (QED) is 0.472. The molecule has 1 unspecified atom stereocenters. The highest BCUT2D eigenvalue weighted by atomic mass is 127. The first-order valence-electron chi connectivity index (χ1n) is 2.96. The third-order valence-electron chi connectivity index (χ3n) is 1.26. The minimum atomic E-state index is -0.591. The van der Waals surface area contributed by atoms with Gasteiger partial charge in [0.2, 0.25) is 0 Å². The van der Waals surface area contributed by atoms with Crippen LogP contribution in [0.15, 0.2) is 18.2 Å². The molecule has 1 atom stereocenters. The van der Waals surface area contributed by atoms with Gasteiger partial charge in [0.25, 0.3) is 0 Å².